The summed E-state index contributed by atoms with van der Waals surface area (Å²) in [6.45, 7) is 11.1. The van der Waals surface area contributed by atoms with E-state index < -0.39 is 0 Å². The van der Waals surface area contributed by atoms with Crippen LogP contribution in [0.2, 0.25) is 0 Å². The van der Waals surface area contributed by atoms with Crippen LogP contribution in [0.25, 0.3) is 5.69 Å². The Balaban J connectivity index is 1.66. The van der Waals surface area contributed by atoms with Crippen molar-refractivity contribution < 1.29 is 0 Å². The van der Waals surface area contributed by atoms with Crippen molar-refractivity contribution in [3.8, 4) is 11.8 Å². The number of fused-ring (bicyclic) bond motifs is 1. The standard InChI is InChI=1S/C25H28N4S/c1-16-11-18(17(2)29(16)20-7-6-10-27-15-20)14-28-24-22(13-26)21-9-8-19(25(3,4)5)12-23(21)30-24/h6-7,10-11,14-15,19H,8-9,12H2,1-5H3/t19-/m0/s1. The summed E-state index contributed by atoms with van der Waals surface area (Å²) in [5.74, 6) is 0.658. The molecule has 0 aromatic carbocycles. The van der Waals surface area contributed by atoms with E-state index in [1.54, 1.807) is 17.5 Å². The highest BCUT2D eigenvalue weighted by molar-refractivity contribution is 7.16. The van der Waals surface area contributed by atoms with Crippen LogP contribution in [0, 0.1) is 36.5 Å². The second-order valence-corrected chi connectivity index (χ2v) is 10.3. The third-order valence-electron chi connectivity index (χ3n) is 6.28. The highest BCUT2D eigenvalue weighted by atomic mass is 32.1. The van der Waals surface area contributed by atoms with E-state index in [0.717, 1.165) is 52.5 Å². The zero-order valence-electron chi connectivity index (χ0n) is 18.4. The van der Waals surface area contributed by atoms with Crippen molar-refractivity contribution in [3.05, 3.63) is 63.5 Å². The van der Waals surface area contributed by atoms with Crippen LogP contribution >= 0.6 is 11.3 Å². The van der Waals surface area contributed by atoms with Gasteiger partial charge in [-0.05, 0) is 68.2 Å². The summed E-state index contributed by atoms with van der Waals surface area (Å²) in [4.78, 5) is 10.4. The van der Waals surface area contributed by atoms with E-state index in [2.05, 4.69) is 62.4 Å². The Labute approximate surface area is 182 Å². The smallest absolute Gasteiger partial charge is 0.134 e. The molecule has 3 aromatic heterocycles. The van der Waals surface area contributed by atoms with Crippen LogP contribution in [0.5, 0.6) is 0 Å². The molecule has 0 saturated carbocycles. The lowest BCUT2D eigenvalue weighted by molar-refractivity contribution is 0.218. The third-order valence-corrected chi connectivity index (χ3v) is 7.44. The molecule has 5 heteroatoms. The zero-order chi connectivity index (χ0) is 21.5. The molecule has 0 fully saturated rings. The van der Waals surface area contributed by atoms with Crippen molar-refractivity contribution in [2.45, 2.75) is 53.9 Å². The maximum atomic E-state index is 9.81. The Kier molecular flexibility index (Phi) is 5.38. The van der Waals surface area contributed by atoms with Gasteiger partial charge in [0.15, 0.2) is 0 Å². The molecule has 30 heavy (non-hydrogen) atoms. The lowest BCUT2D eigenvalue weighted by Gasteiger charge is -2.33. The van der Waals surface area contributed by atoms with E-state index in [9.17, 15) is 5.26 Å². The minimum absolute atomic E-state index is 0.293. The molecular formula is C25H28N4S. The summed E-state index contributed by atoms with van der Waals surface area (Å²) in [7, 11) is 0. The molecule has 1 aliphatic rings. The van der Waals surface area contributed by atoms with Crippen LogP contribution in [-0.4, -0.2) is 15.8 Å². The largest absolute Gasteiger partial charge is 0.316 e. The number of nitrogens with zero attached hydrogens (tertiary/aromatic N) is 4. The molecule has 1 atom stereocenters. The number of nitriles is 1. The fraction of sp³-hybridized carbons (Fsp3) is 0.400. The van der Waals surface area contributed by atoms with Gasteiger partial charge in [0.1, 0.15) is 11.1 Å². The summed E-state index contributed by atoms with van der Waals surface area (Å²) in [6.07, 6.45) is 8.76. The molecule has 4 nitrogen and oxygen atoms in total. The molecule has 0 aliphatic heterocycles. The van der Waals surface area contributed by atoms with E-state index in [0.29, 0.717) is 11.3 Å². The first-order valence-electron chi connectivity index (χ1n) is 10.5. The van der Waals surface area contributed by atoms with Crippen LogP contribution in [0.15, 0.2) is 35.6 Å². The second-order valence-electron chi connectivity index (χ2n) is 9.23. The van der Waals surface area contributed by atoms with Gasteiger partial charge in [0.2, 0.25) is 0 Å². The number of thiophene rings is 1. The maximum Gasteiger partial charge on any atom is 0.134 e. The van der Waals surface area contributed by atoms with Crippen molar-refractivity contribution in [1.82, 2.24) is 9.55 Å². The van der Waals surface area contributed by atoms with Gasteiger partial charge in [-0.15, -0.1) is 11.3 Å². The first kappa shape index (κ1) is 20.6. The molecule has 4 rings (SSSR count). The fourth-order valence-electron chi connectivity index (χ4n) is 4.45. The summed E-state index contributed by atoms with van der Waals surface area (Å²) in [5, 5.41) is 10.7. The Bertz CT molecular complexity index is 1140. The zero-order valence-corrected chi connectivity index (χ0v) is 19.2. The lowest BCUT2D eigenvalue weighted by Crippen LogP contribution is -2.26. The van der Waals surface area contributed by atoms with Gasteiger partial charge in [-0.1, -0.05) is 20.8 Å². The Morgan fingerprint density at radius 2 is 2.13 bits per heavy atom. The van der Waals surface area contributed by atoms with Gasteiger partial charge in [-0.3, -0.25) is 4.98 Å². The van der Waals surface area contributed by atoms with Crippen molar-refractivity contribution >= 4 is 22.6 Å². The van der Waals surface area contributed by atoms with Gasteiger partial charge in [0.05, 0.1) is 17.4 Å². The lowest BCUT2D eigenvalue weighted by atomic mass is 9.72. The summed E-state index contributed by atoms with van der Waals surface area (Å²) < 4.78 is 2.19. The number of hydrogen-bond acceptors (Lipinski definition) is 4. The average Bonchev–Trinajstić information content (AvgIpc) is 3.21. The van der Waals surface area contributed by atoms with Crippen molar-refractivity contribution in [2.24, 2.45) is 16.3 Å². The first-order valence-corrected chi connectivity index (χ1v) is 11.3. The molecule has 1 aliphatic carbocycles. The number of hydrogen-bond donors (Lipinski definition) is 0. The van der Waals surface area contributed by atoms with Crippen LogP contribution in [0.4, 0.5) is 5.00 Å². The van der Waals surface area contributed by atoms with Gasteiger partial charge in [0, 0.05) is 34.2 Å². The molecule has 3 heterocycles. The van der Waals surface area contributed by atoms with Crippen LogP contribution < -0.4 is 0 Å². The molecule has 3 aromatic rings. The third kappa shape index (κ3) is 3.73. The van der Waals surface area contributed by atoms with Gasteiger partial charge in [0.25, 0.3) is 0 Å². The Hall–Kier alpha value is -2.71. The first-order chi connectivity index (χ1) is 14.3. The van der Waals surface area contributed by atoms with Crippen molar-refractivity contribution in [3.63, 3.8) is 0 Å². The topological polar surface area (TPSA) is 54.0 Å². The van der Waals surface area contributed by atoms with Gasteiger partial charge >= 0.3 is 0 Å². The van der Waals surface area contributed by atoms with Crippen molar-refractivity contribution in [1.29, 1.82) is 5.26 Å². The molecule has 154 valence electrons. The maximum absolute atomic E-state index is 9.81. The van der Waals surface area contributed by atoms with E-state index in [4.69, 9.17) is 4.99 Å². The minimum Gasteiger partial charge on any atom is -0.316 e. The minimum atomic E-state index is 0.293. The molecular weight excluding hydrogens is 388 g/mol. The normalized spacial score (nSPS) is 16.6. The molecule has 0 bridgehead atoms. The molecule has 0 radical (unpaired) electrons. The van der Waals surface area contributed by atoms with Gasteiger partial charge in [-0.25, -0.2) is 4.99 Å². The summed E-state index contributed by atoms with van der Waals surface area (Å²) in [6, 6.07) is 8.58. The molecule has 0 spiro atoms. The molecule has 0 unspecified atom stereocenters. The Morgan fingerprint density at radius 3 is 2.80 bits per heavy atom. The predicted octanol–water partition coefficient (Wildman–Crippen LogP) is 6.32. The summed E-state index contributed by atoms with van der Waals surface area (Å²) >= 11 is 1.70. The van der Waals surface area contributed by atoms with E-state index in [-0.39, 0.29) is 0 Å². The summed E-state index contributed by atoms with van der Waals surface area (Å²) in [5.41, 5.74) is 6.68. The monoisotopic (exact) mass is 416 g/mol. The SMILES string of the molecule is Cc1cc(C=Nc2sc3c(c2C#N)CC[C@H](C(C)(C)C)C3)c(C)n1-c1cccnc1. The highest BCUT2D eigenvalue weighted by Crippen LogP contribution is 2.44. The Morgan fingerprint density at radius 1 is 1.33 bits per heavy atom. The van der Waals surface area contributed by atoms with E-state index >= 15 is 0 Å². The van der Waals surface area contributed by atoms with E-state index in [1.165, 1.54) is 10.4 Å². The van der Waals surface area contributed by atoms with Gasteiger partial charge in [-0.2, -0.15) is 5.26 Å². The number of aromatic nitrogens is 2. The van der Waals surface area contributed by atoms with E-state index in [1.807, 2.05) is 18.5 Å². The molecule has 0 amide bonds. The predicted molar refractivity (Wildman–Crippen MR) is 124 cm³/mol. The van der Waals surface area contributed by atoms with Crippen LogP contribution in [0.3, 0.4) is 0 Å². The molecule has 0 N–H and O–H groups in total. The van der Waals surface area contributed by atoms with Gasteiger partial charge < -0.3 is 4.57 Å². The fourth-order valence-corrected chi connectivity index (χ4v) is 5.67. The van der Waals surface area contributed by atoms with Crippen LogP contribution in [0.1, 0.15) is 60.1 Å². The molecule has 0 saturated heterocycles. The average molecular weight is 417 g/mol. The quantitative estimate of drug-likeness (QED) is 0.469. The van der Waals surface area contributed by atoms with Crippen molar-refractivity contribution in [2.75, 3.05) is 0 Å². The highest BCUT2D eigenvalue weighted by Gasteiger charge is 2.32. The number of rotatable bonds is 3. The van der Waals surface area contributed by atoms with Crippen LogP contribution in [-0.2, 0) is 12.8 Å². The second kappa shape index (κ2) is 7.85. The number of aliphatic imine (C=N–C) groups is 1. The number of pyridine rings is 1. The number of aryl methyl sites for hydroxylation is 1.